The van der Waals surface area contributed by atoms with Crippen LogP contribution in [0, 0.1) is 20.8 Å². The molecular formula is C21H29N3O3S2. The Kier molecular flexibility index (Phi) is 7.10. The summed E-state index contributed by atoms with van der Waals surface area (Å²) in [7, 11) is -3.63. The number of piperazine rings is 1. The van der Waals surface area contributed by atoms with E-state index in [4.69, 9.17) is 0 Å². The molecule has 8 heteroatoms. The number of hydrogen-bond acceptors (Lipinski definition) is 5. The van der Waals surface area contributed by atoms with E-state index >= 15 is 0 Å². The Morgan fingerprint density at radius 2 is 1.76 bits per heavy atom. The Labute approximate surface area is 177 Å². The molecule has 1 amide bonds. The monoisotopic (exact) mass is 435 g/mol. The molecule has 2 aromatic rings. The molecule has 29 heavy (non-hydrogen) atoms. The molecule has 0 spiro atoms. The number of aryl methyl sites for hydroxylation is 3. The van der Waals surface area contributed by atoms with Crippen molar-refractivity contribution in [2.24, 2.45) is 0 Å². The maximum Gasteiger partial charge on any atom is 0.241 e. The first-order valence-electron chi connectivity index (χ1n) is 9.86. The fourth-order valence-corrected chi connectivity index (χ4v) is 6.12. The summed E-state index contributed by atoms with van der Waals surface area (Å²) >= 11 is 1.75. The normalized spacial score (nSPS) is 15.6. The summed E-state index contributed by atoms with van der Waals surface area (Å²) in [6, 6.07) is 7.91. The zero-order valence-corrected chi connectivity index (χ0v) is 18.9. The first-order valence-corrected chi connectivity index (χ1v) is 12.2. The lowest BCUT2D eigenvalue weighted by Gasteiger charge is -2.34. The minimum atomic E-state index is -3.63. The fraction of sp³-hybridized carbons (Fsp3) is 0.476. The highest BCUT2D eigenvalue weighted by Crippen LogP contribution is 2.21. The Balaban J connectivity index is 1.47. The van der Waals surface area contributed by atoms with Gasteiger partial charge in [-0.3, -0.25) is 9.69 Å². The summed E-state index contributed by atoms with van der Waals surface area (Å²) in [4.78, 5) is 18.3. The molecule has 1 aromatic carbocycles. The van der Waals surface area contributed by atoms with Gasteiger partial charge in [0.2, 0.25) is 15.9 Å². The lowest BCUT2D eigenvalue weighted by atomic mass is 10.1. The van der Waals surface area contributed by atoms with Gasteiger partial charge < -0.3 is 4.90 Å². The maximum atomic E-state index is 12.7. The van der Waals surface area contributed by atoms with Gasteiger partial charge in [0, 0.05) is 50.6 Å². The Bertz CT molecular complexity index is 925. The van der Waals surface area contributed by atoms with Crippen LogP contribution in [0.3, 0.4) is 0 Å². The third-order valence-electron chi connectivity index (χ3n) is 5.19. The number of hydrogen-bond donors (Lipinski definition) is 1. The van der Waals surface area contributed by atoms with Crippen LogP contribution in [0.25, 0.3) is 0 Å². The van der Waals surface area contributed by atoms with Crippen molar-refractivity contribution in [2.45, 2.75) is 38.6 Å². The van der Waals surface area contributed by atoms with Gasteiger partial charge in [-0.1, -0.05) is 23.8 Å². The zero-order chi connectivity index (χ0) is 21.0. The third kappa shape index (κ3) is 5.66. The van der Waals surface area contributed by atoms with Crippen LogP contribution in [0.15, 0.2) is 34.5 Å². The topological polar surface area (TPSA) is 69.7 Å². The third-order valence-corrected chi connectivity index (χ3v) is 7.82. The summed E-state index contributed by atoms with van der Waals surface area (Å²) < 4.78 is 28.0. The second kappa shape index (κ2) is 9.38. The van der Waals surface area contributed by atoms with Crippen molar-refractivity contribution >= 4 is 27.3 Å². The van der Waals surface area contributed by atoms with E-state index in [0.29, 0.717) is 18.0 Å². The summed E-state index contributed by atoms with van der Waals surface area (Å²) in [5.41, 5.74) is 2.48. The molecule has 3 rings (SSSR count). The minimum Gasteiger partial charge on any atom is -0.340 e. The van der Waals surface area contributed by atoms with E-state index in [1.165, 1.54) is 4.88 Å². The molecule has 0 atom stereocenters. The van der Waals surface area contributed by atoms with Crippen molar-refractivity contribution in [3.8, 4) is 0 Å². The van der Waals surface area contributed by atoms with Gasteiger partial charge in [-0.25, -0.2) is 13.1 Å². The number of thiophene rings is 1. The SMILES string of the molecule is Cc1cc(C)c(S(=O)(=O)NCCC(=O)N2CCN(Cc3cccs3)CC2)c(C)c1. The fourth-order valence-electron chi connectivity index (χ4n) is 3.89. The Morgan fingerprint density at radius 1 is 1.10 bits per heavy atom. The van der Waals surface area contributed by atoms with E-state index in [2.05, 4.69) is 27.1 Å². The number of benzene rings is 1. The van der Waals surface area contributed by atoms with E-state index < -0.39 is 10.0 Å². The number of nitrogens with zero attached hydrogens (tertiary/aromatic N) is 2. The summed E-state index contributed by atoms with van der Waals surface area (Å²) in [5.74, 6) is 0.000763. The molecule has 0 aliphatic carbocycles. The van der Waals surface area contributed by atoms with Crippen LogP contribution < -0.4 is 4.72 Å². The molecule has 1 fully saturated rings. The summed E-state index contributed by atoms with van der Waals surface area (Å²) in [6.45, 7) is 9.65. The summed E-state index contributed by atoms with van der Waals surface area (Å²) in [5, 5.41) is 2.08. The first kappa shape index (κ1) is 22.0. The van der Waals surface area contributed by atoms with E-state index in [1.54, 1.807) is 25.2 Å². The molecule has 1 aromatic heterocycles. The number of carbonyl (C=O) groups is 1. The van der Waals surface area contributed by atoms with E-state index in [0.717, 1.165) is 36.3 Å². The molecule has 1 aliphatic rings. The van der Waals surface area contributed by atoms with Crippen molar-refractivity contribution in [3.63, 3.8) is 0 Å². The summed E-state index contributed by atoms with van der Waals surface area (Å²) in [6.07, 6.45) is 0.175. The lowest BCUT2D eigenvalue weighted by molar-refractivity contribution is -0.132. The quantitative estimate of drug-likeness (QED) is 0.726. The number of rotatable bonds is 7. The van der Waals surface area contributed by atoms with Crippen molar-refractivity contribution in [1.29, 1.82) is 0 Å². The second-order valence-corrected chi connectivity index (χ2v) is 10.3. The molecule has 2 heterocycles. The van der Waals surface area contributed by atoms with Gasteiger partial charge in [0.05, 0.1) is 4.90 Å². The van der Waals surface area contributed by atoms with Crippen molar-refractivity contribution in [3.05, 3.63) is 51.2 Å². The van der Waals surface area contributed by atoms with Gasteiger partial charge in [0.1, 0.15) is 0 Å². The molecule has 0 radical (unpaired) electrons. The second-order valence-electron chi connectivity index (χ2n) is 7.61. The highest BCUT2D eigenvalue weighted by molar-refractivity contribution is 7.89. The van der Waals surface area contributed by atoms with Crippen LogP contribution in [0.5, 0.6) is 0 Å². The van der Waals surface area contributed by atoms with Gasteiger partial charge in [-0.15, -0.1) is 11.3 Å². The molecule has 158 valence electrons. The predicted molar refractivity (Wildman–Crippen MR) is 117 cm³/mol. The maximum absolute atomic E-state index is 12.7. The number of amides is 1. The molecular weight excluding hydrogens is 406 g/mol. The molecule has 0 unspecified atom stereocenters. The smallest absolute Gasteiger partial charge is 0.241 e. The Morgan fingerprint density at radius 3 is 2.34 bits per heavy atom. The average molecular weight is 436 g/mol. The predicted octanol–water partition coefficient (Wildman–Crippen LogP) is 2.69. The van der Waals surface area contributed by atoms with Gasteiger partial charge in [-0.2, -0.15) is 0 Å². The highest BCUT2D eigenvalue weighted by atomic mass is 32.2. The van der Waals surface area contributed by atoms with Gasteiger partial charge in [0.25, 0.3) is 0 Å². The van der Waals surface area contributed by atoms with E-state index in [1.807, 2.05) is 24.0 Å². The van der Waals surface area contributed by atoms with Crippen LogP contribution in [-0.4, -0.2) is 56.8 Å². The van der Waals surface area contributed by atoms with Crippen LogP contribution in [0.1, 0.15) is 28.0 Å². The van der Waals surface area contributed by atoms with E-state index in [-0.39, 0.29) is 18.9 Å². The number of nitrogens with one attached hydrogen (secondary N) is 1. The van der Waals surface area contributed by atoms with E-state index in [9.17, 15) is 13.2 Å². The lowest BCUT2D eigenvalue weighted by Crippen LogP contribution is -2.48. The van der Waals surface area contributed by atoms with Gasteiger partial charge >= 0.3 is 0 Å². The van der Waals surface area contributed by atoms with Gasteiger partial charge in [-0.05, 0) is 43.3 Å². The number of sulfonamides is 1. The molecule has 1 aliphatic heterocycles. The molecule has 0 bridgehead atoms. The Hall–Kier alpha value is -1.74. The molecule has 6 nitrogen and oxygen atoms in total. The standard InChI is InChI=1S/C21H29N3O3S2/c1-16-13-17(2)21(18(3)14-16)29(26,27)22-7-6-20(25)24-10-8-23(9-11-24)15-19-5-4-12-28-19/h4-5,12-14,22H,6-11,15H2,1-3H3. The minimum absolute atomic E-state index is 0.000763. The van der Waals surface area contributed by atoms with Crippen molar-refractivity contribution in [2.75, 3.05) is 32.7 Å². The molecule has 0 saturated carbocycles. The van der Waals surface area contributed by atoms with Gasteiger partial charge in [0.15, 0.2) is 0 Å². The van der Waals surface area contributed by atoms with Crippen molar-refractivity contribution < 1.29 is 13.2 Å². The highest BCUT2D eigenvalue weighted by Gasteiger charge is 2.23. The average Bonchev–Trinajstić information content (AvgIpc) is 3.14. The van der Waals surface area contributed by atoms with Crippen LogP contribution in [0.4, 0.5) is 0 Å². The molecule has 1 saturated heterocycles. The first-order chi connectivity index (χ1) is 13.8. The van der Waals surface area contributed by atoms with Crippen LogP contribution >= 0.6 is 11.3 Å². The van der Waals surface area contributed by atoms with Crippen LogP contribution in [0.2, 0.25) is 0 Å². The van der Waals surface area contributed by atoms with Crippen LogP contribution in [-0.2, 0) is 21.4 Å². The largest absolute Gasteiger partial charge is 0.340 e. The number of carbonyl (C=O) groups excluding carboxylic acids is 1. The van der Waals surface area contributed by atoms with Crippen molar-refractivity contribution in [1.82, 2.24) is 14.5 Å². The molecule has 1 N–H and O–H groups in total. The zero-order valence-electron chi connectivity index (χ0n) is 17.3.